The fourth-order valence-electron chi connectivity index (χ4n) is 2.04. The Morgan fingerprint density at radius 2 is 2.12 bits per heavy atom. The number of methoxy groups -OCH3 is 1. The van der Waals surface area contributed by atoms with Crippen molar-refractivity contribution in [2.45, 2.75) is 12.1 Å². The van der Waals surface area contributed by atoms with Gasteiger partial charge < -0.3 is 10.1 Å². The van der Waals surface area contributed by atoms with E-state index in [4.69, 9.17) is 4.74 Å². The highest BCUT2D eigenvalue weighted by molar-refractivity contribution is 7.99. The molecule has 7 nitrogen and oxygen atoms in total. The van der Waals surface area contributed by atoms with E-state index in [1.165, 1.54) is 23.1 Å². The van der Waals surface area contributed by atoms with E-state index in [1.807, 2.05) is 41.1 Å². The molecule has 9 heteroatoms. The van der Waals surface area contributed by atoms with Crippen LogP contribution in [0, 0.1) is 6.92 Å². The lowest BCUT2D eigenvalue weighted by Gasteiger charge is -2.09. The van der Waals surface area contributed by atoms with Crippen LogP contribution in [0.4, 0.5) is 5.13 Å². The SMILES string of the molecule is COc1ccc(-n2c(C)nnc2SCC(=O)Nc2nccs2)cc1. The van der Waals surface area contributed by atoms with E-state index >= 15 is 0 Å². The van der Waals surface area contributed by atoms with Crippen LogP contribution in [0.2, 0.25) is 0 Å². The summed E-state index contributed by atoms with van der Waals surface area (Å²) >= 11 is 2.71. The summed E-state index contributed by atoms with van der Waals surface area (Å²) in [5, 5.41) is 14.1. The van der Waals surface area contributed by atoms with Crippen molar-refractivity contribution in [1.29, 1.82) is 0 Å². The highest BCUT2D eigenvalue weighted by atomic mass is 32.2. The Labute approximate surface area is 147 Å². The lowest BCUT2D eigenvalue weighted by molar-refractivity contribution is -0.113. The molecule has 2 heterocycles. The van der Waals surface area contributed by atoms with Crippen LogP contribution < -0.4 is 10.1 Å². The van der Waals surface area contributed by atoms with Crippen LogP contribution in [0.25, 0.3) is 5.69 Å². The summed E-state index contributed by atoms with van der Waals surface area (Å²) in [5.41, 5.74) is 0.918. The van der Waals surface area contributed by atoms with Crippen molar-refractivity contribution in [3.05, 3.63) is 41.7 Å². The molecule has 0 spiro atoms. The number of anilines is 1. The van der Waals surface area contributed by atoms with Gasteiger partial charge in [0.2, 0.25) is 5.91 Å². The number of rotatable bonds is 6. The second kappa shape index (κ2) is 7.45. The molecule has 124 valence electrons. The van der Waals surface area contributed by atoms with Crippen molar-refractivity contribution < 1.29 is 9.53 Å². The maximum Gasteiger partial charge on any atom is 0.236 e. The molecule has 0 aliphatic rings. The van der Waals surface area contributed by atoms with Gasteiger partial charge in [-0.25, -0.2) is 4.98 Å². The Balaban J connectivity index is 1.71. The summed E-state index contributed by atoms with van der Waals surface area (Å²) in [5.74, 6) is 1.63. The van der Waals surface area contributed by atoms with Gasteiger partial charge in [-0.05, 0) is 31.2 Å². The van der Waals surface area contributed by atoms with Gasteiger partial charge >= 0.3 is 0 Å². The third-order valence-corrected chi connectivity index (χ3v) is 4.75. The molecular formula is C15H15N5O2S2. The molecule has 0 aliphatic heterocycles. The molecule has 3 aromatic rings. The number of aryl methyl sites for hydroxylation is 1. The minimum Gasteiger partial charge on any atom is -0.497 e. The first-order valence-corrected chi connectivity index (χ1v) is 8.92. The number of carbonyl (C=O) groups is 1. The molecule has 0 aliphatic carbocycles. The van der Waals surface area contributed by atoms with Gasteiger partial charge in [0.25, 0.3) is 0 Å². The second-order valence-corrected chi connectivity index (χ2v) is 6.57. The number of amides is 1. The fourth-order valence-corrected chi connectivity index (χ4v) is 3.38. The Kier molecular flexibility index (Phi) is 5.11. The fraction of sp³-hybridized carbons (Fsp3) is 0.200. The summed E-state index contributed by atoms with van der Waals surface area (Å²) in [6.45, 7) is 1.87. The quantitative estimate of drug-likeness (QED) is 0.680. The van der Waals surface area contributed by atoms with Crippen LogP contribution in [-0.4, -0.2) is 38.5 Å². The monoisotopic (exact) mass is 361 g/mol. The first kappa shape index (κ1) is 16.5. The van der Waals surface area contributed by atoms with E-state index < -0.39 is 0 Å². The highest BCUT2D eigenvalue weighted by Gasteiger charge is 2.14. The molecular weight excluding hydrogens is 346 g/mol. The largest absolute Gasteiger partial charge is 0.497 e. The van der Waals surface area contributed by atoms with Crippen LogP contribution in [0.1, 0.15) is 5.82 Å². The van der Waals surface area contributed by atoms with Gasteiger partial charge in [-0.1, -0.05) is 11.8 Å². The highest BCUT2D eigenvalue weighted by Crippen LogP contribution is 2.23. The molecule has 1 amide bonds. The number of thioether (sulfide) groups is 1. The van der Waals surface area contributed by atoms with Crippen molar-refractivity contribution >= 4 is 34.1 Å². The second-order valence-electron chi connectivity index (χ2n) is 4.74. The first-order chi connectivity index (χ1) is 11.7. The van der Waals surface area contributed by atoms with Gasteiger partial charge in [-0.2, -0.15) is 0 Å². The van der Waals surface area contributed by atoms with Crippen LogP contribution in [-0.2, 0) is 4.79 Å². The lowest BCUT2D eigenvalue weighted by Crippen LogP contribution is -2.14. The van der Waals surface area contributed by atoms with Gasteiger partial charge in [-0.3, -0.25) is 9.36 Å². The minimum atomic E-state index is -0.128. The van der Waals surface area contributed by atoms with E-state index in [1.54, 1.807) is 13.3 Å². The number of benzene rings is 1. The molecule has 0 atom stereocenters. The van der Waals surface area contributed by atoms with Gasteiger partial charge in [0.15, 0.2) is 10.3 Å². The summed E-state index contributed by atoms with van der Waals surface area (Å²) in [6.07, 6.45) is 1.65. The van der Waals surface area contributed by atoms with Crippen molar-refractivity contribution in [3.63, 3.8) is 0 Å². The van der Waals surface area contributed by atoms with Gasteiger partial charge in [0.05, 0.1) is 12.9 Å². The van der Waals surface area contributed by atoms with Crippen molar-refractivity contribution in [1.82, 2.24) is 19.7 Å². The van der Waals surface area contributed by atoms with Crippen molar-refractivity contribution in [2.75, 3.05) is 18.2 Å². The van der Waals surface area contributed by atoms with E-state index in [0.717, 1.165) is 17.3 Å². The summed E-state index contributed by atoms with van der Waals surface area (Å²) in [4.78, 5) is 16.0. The molecule has 1 aromatic carbocycles. The topological polar surface area (TPSA) is 81.9 Å². The number of carbonyl (C=O) groups excluding carboxylic acids is 1. The normalized spacial score (nSPS) is 10.6. The number of aromatic nitrogens is 4. The number of nitrogens with one attached hydrogen (secondary N) is 1. The van der Waals surface area contributed by atoms with Crippen LogP contribution >= 0.6 is 23.1 Å². The first-order valence-electron chi connectivity index (χ1n) is 7.06. The molecule has 0 bridgehead atoms. The summed E-state index contributed by atoms with van der Waals surface area (Å²) in [7, 11) is 1.63. The average Bonchev–Trinajstić information content (AvgIpc) is 3.23. The summed E-state index contributed by atoms with van der Waals surface area (Å²) < 4.78 is 7.08. The zero-order chi connectivity index (χ0) is 16.9. The van der Waals surface area contributed by atoms with Crippen LogP contribution in [0.5, 0.6) is 5.75 Å². The number of thiazole rings is 1. The Morgan fingerprint density at radius 3 is 2.79 bits per heavy atom. The lowest BCUT2D eigenvalue weighted by atomic mass is 10.3. The number of nitrogens with zero attached hydrogens (tertiary/aromatic N) is 4. The summed E-state index contributed by atoms with van der Waals surface area (Å²) in [6, 6.07) is 7.60. The van der Waals surface area contributed by atoms with E-state index in [9.17, 15) is 4.79 Å². The standard InChI is InChI=1S/C15H15N5O2S2/c1-10-18-19-15(20(10)11-3-5-12(22-2)6-4-11)24-9-13(21)17-14-16-7-8-23-14/h3-8H,9H2,1-2H3,(H,16,17,21). The molecule has 3 rings (SSSR count). The maximum absolute atomic E-state index is 12.0. The smallest absolute Gasteiger partial charge is 0.236 e. The average molecular weight is 361 g/mol. The zero-order valence-corrected chi connectivity index (χ0v) is 14.7. The van der Waals surface area contributed by atoms with Crippen LogP contribution in [0.3, 0.4) is 0 Å². The molecule has 0 saturated carbocycles. The molecule has 0 fully saturated rings. The Morgan fingerprint density at radius 1 is 1.33 bits per heavy atom. The molecule has 2 aromatic heterocycles. The molecule has 24 heavy (non-hydrogen) atoms. The van der Waals surface area contributed by atoms with Crippen LogP contribution in [0.15, 0.2) is 41.0 Å². The van der Waals surface area contributed by atoms with E-state index in [0.29, 0.717) is 10.3 Å². The molecule has 1 N–H and O–H groups in total. The van der Waals surface area contributed by atoms with Crippen molar-refractivity contribution in [3.8, 4) is 11.4 Å². The van der Waals surface area contributed by atoms with E-state index in [2.05, 4.69) is 20.5 Å². The van der Waals surface area contributed by atoms with E-state index in [-0.39, 0.29) is 11.7 Å². The molecule has 0 radical (unpaired) electrons. The third kappa shape index (κ3) is 3.74. The van der Waals surface area contributed by atoms with Gasteiger partial charge in [0.1, 0.15) is 11.6 Å². The predicted octanol–water partition coefficient (Wildman–Crippen LogP) is 2.77. The number of hydrogen-bond acceptors (Lipinski definition) is 7. The molecule has 0 saturated heterocycles. The third-order valence-electron chi connectivity index (χ3n) is 3.14. The van der Waals surface area contributed by atoms with Gasteiger partial charge in [0, 0.05) is 17.3 Å². The minimum absolute atomic E-state index is 0.128. The number of ether oxygens (including phenoxy) is 1. The number of hydrogen-bond donors (Lipinski definition) is 1. The maximum atomic E-state index is 12.0. The Hall–Kier alpha value is -2.39. The zero-order valence-electron chi connectivity index (χ0n) is 13.1. The van der Waals surface area contributed by atoms with Crippen molar-refractivity contribution in [2.24, 2.45) is 0 Å². The van der Waals surface area contributed by atoms with Gasteiger partial charge in [-0.15, -0.1) is 21.5 Å². The molecule has 0 unspecified atom stereocenters. The predicted molar refractivity (Wildman–Crippen MR) is 94.1 cm³/mol. The Bertz CT molecular complexity index is 815.